The Hall–Kier alpha value is -2.09. The van der Waals surface area contributed by atoms with Crippen molar-refractivity contribution in [3.63, 3.8) is 0 Å². The standard InChI is InChI=1S/C17H28N6O2/c1-3-14-12(2)19-16(18)21-15(14)20-13-4-6-22(7-5-13)17(24)23-8-10-25-11-9-23/h13H,3-11H2,1-2H3,(H3,18,19,20,21). The highest BCUT2D eigenvalue weighted by atomic mass is 16.5. The van der Waals surface area contributed by atoms with Crippen molar-refractivity contribution in [2.24, 2.45) is 0 Å². The zero-order chi connectivity index (χ0) is 17.8. The summed E-state index contributed by atoms with van der Waals surface area (Å²) in [7, 11) is 0. The fraction of sp³-hybridized carbons (Fsp3) is 0.706. The van der Waals surface area contributed by atoms with Crippen LogP contribution < -0.4 is 11.1 Å². The van der Waals surface area contributed by atoms with Crippen molar-refractivity contribution in [3.05, 3.63) is 11.3 Å². The second-order valence-corrected chi connectivity index (χ2v) is 6.64. The molecule has 3 rings (SSSR count). The molecule has 3 heterocycles. The van der Waals surface area contributed by atoms with Crippen molar-refractivity contribution < 1.29 is 9.53 Å². The van der Waals surface area contributed by atoms with Crippen LogP contribution in [0.25, 0.3) is 0 Å². The normalized spacial score (nSPS) is 19.1. The van der Waals surface area contributed by atoms with E-state index in [0.29, 0.717) is 38.3 Å². The number of morpholine rings is 1. The number of nitrogens with two attached hydrogens (primary N) is 1. The number of ether oxygens (including phenoxy) is 1. The molecule has 0 bridgehead atoms. The first-order chi connectivity index (χ1) is 12.1. The van der Waals surface area contributed by atoms with Crippen LogP contribution >= 0.6 is 0 Å². The van der Waals surface area contributed by atoms with Gasteiger partial charge in [0, 0.05) is 43.5 Å². The van der Waals surface area contributed by atoms with Crippen molar-refractivity contribution in [1.29, 1.82) is 0 Å². The van der Waals surface area contributed by atoms with E-state index >= 15 is 0 Å². The fourth-order valence-corrected chi connectivity index (χ4v) is 3.52. The molecule has 2 saturated heterocycles. The van der Waals surface area contributed by atoms with Crippen molar-refractivity contribution in [2.45, 2.75) is 39.2 Å². The number of rotatable bonds is 3. The predicted molar refractivity (Wildman–Crippen MR) is 96.6 cm³/mol. The summed E-state index contributed by atoms with van der Waals surface area (Å²) < 4.78 is 5.32. The van der Waals surface area contributed by atoms with E-state index in [4.69, 9.17) is 10.5 Å². The number of urea groups is 1. The van der Waals surface area contributed by atoms with Crippen molar-refractivity contribution >= 4 is 17.8 Å². The highest BCUT2D eigenvalue weighted by Gasteiger charge is 2.27. The second kappa shape index (κ2) is 7.86. The molecule has 0 spiro atoms. The number of nitrogens with one attached hydrogen (secondary N) is 1. The molecule has 0 saturated carbocycles. The van der Waals surface area contributed by atoms with Gasteiger partial charge >= 0.3 is 6.03 Å². The maximum absolute atomic E-state index is 12.5. The molecule has 8 heteroatoms. The van der Waals surface area contributed by atoms with Crippen molar-refractivity contribution in [2.75, 3.05) is 50.4 Å². The molecule has 8 nitrogen and oxygen atoms in total. The van der Waals surface area contributed by atoms with Gasteiger partial charge in [-0.25, -0.2) is 9.78 Å². The third-order valence-electron chi connectivity index (χ3n) is 4.97. The lowest BCUT2D eigenvalue weighted by atomic mass is 10.0. The van der Waals surface area contributed by atoms with Gasteiger partial charge in [-0.1, -0.05) is 6.92 Å². The third-order valence-corrected chi connectivity index (χ3v) is 4.97. The molecule has 2 fully saturated rings. The Morgan fingerprint density at radius 1 is 1.20 bits per heavy atom. The maximum Gasteiger partial charge on any atom is 0.320 e. The summed E-state index contributed by atoms with van der Waals surface area (Å²) in [5, 5.41) is 3.52. The Morgan fingerprint density at radius 2 is 1.84 bits per heavy atom. The zero-order valence-electron chi connectivity index (χ0n) is 15.1. The van der Waals surface area contributed by atoms with Gasteiger partial charge in [0.05, 0.1) is 13.2 Å². The van der Waals surface area contributed by atoms with Crippen molar-refractivity contribution in [1.82, 2.24) is 19.8 Å². The lowest BCUT2D eigenvalue weighted by Gasteiger charge is -2.37. The van der Waals surface area contributed by atoms with Gasteiger partial charge in [-0.15, -0.1) is 0 Å². The number of nitrogen functional groups attached to an aromatic ring is 1. The first kappa shape index (κ1) is 17.7. The largest absolute Gasteiger partial charge is 0.378 e. The molecule has 0 radical (unpaired) electrons. The highest BCUT2D eigenvalue weighted by molar-refractivity contribution is 5.74. The van der Waals surface area contributed by atoms with E-state index in [1.165, 1.54) is 0 Å². The minimum Gasteiger partial charge on any atom is -0.378 e. The summed E-state index contributed by atoms with van der Waals surface area (Å²) in [5.41, 5.74) is 7.84. The molecular weight excluding hydrogens is 320 g/mol. The molecule has 1 aromatic rings. The van der Waals surface area contributed by atoms with Crippen LogP contribution in [0.1, 0.15) is 31.0 Å². The van der Waals surface area contributed by atoms with Gasteiger partial charge in [-0.3, -0.25) is 0 Å². The number of carbonyl (C=O) groups excluding carboxylic acids is 1. The van der Waals surface area contributed by atoms with Crippen LogP contribution in [0.2, 0.25) is 0 Å². The van der Waals surface area contributed by atoms with E-state index in [2.05, 4.69) is 22.2 Å². The molecule has 3 N–H and O–H groups in total. The van der Waals surface area contributed by atoms with Crippen molar-refractivity contribution in [3.8, 4) is 0 Å². The van der Waals surface area contributed by atoms with Crippen LogP contribution in [0, 0.1) is 6.92 Å². The molecule has 1 aromatic heterocycles. The molecule has 0 aliphatic carbocycles. The van der Waals surface area contributed by atoms with Gasteiger partial charge in [0.2, 0.25) is 5.95 Å². The van der Waals surface area contributed by atoms with Gasteiger partial charge in [-0.05, 0) is 26.2 Å². The smallest absolute Gasteiger partial charge is 0.320 e. The van der Waals surface area contributed by atoms with Crippen LogP contribution in [0.4, 0.5) is 16.6 Å². The molecule has 0 aromatic carbocycles. The summed E-state index contributed by atoms with van der Waals surface area (Å²) in [5.74, 6) is 1.14. The Labute approximate surface area is 148 Å². The van der Waals surface area contributed by atoms with Gasteiger partial charge in [-0.2, -0.15) is 4.98 Å². The Bertz CT molecular complexity index is 609. The average molecular weight is 348 g/mol. The molecule has 2 amide bonds. The average Bonchev–Trinajstić information content (AvgIpc) is 2.62. The van der Waals surface area contributed by atoms with Crippen LogP contribution in [0.15, 0.2) is 0 Å². The lowest BCUT2D eigenvalue weighted by molar-refractivity contribution is 0.0414. The van der Waals surface area contributed by atoms with E-state index in [0.717, 1.165) is 49.4 Å². The SMILES string of the molecule is CCc1c(C)nc(N)nc1NC1CCN(C(=O)N2CCOCC2)CC1. The summed E-state index contributed by atoms with van der Waals surface area (Å²) in [6, 6.07) is 0.436. The quantitative estimate of drug-likeness (QED) is 0.853. The fourth-order valence-electron chi connectivity index (χ4n) is 3.52. The number of aryl methyl sites for hydroxylation is 1. The van der Waals surface area contributed by atoms with Gasteiger partial charge in [0.1, 0.15) is 5.82 Å². The van der Waals surface area contributed by atoms with E-state index in [1.807, 2.05) is 16.7 Å². The number of nitrogens with zero attached hydrogens (tertiary/aromatic N) is 4. The van der Waals surface area contributed by atoms with Gasteiger partial charge in [0.25, 0.3) is 0 Å². The Morgan fingerprint density at radius 3 is 2.48 bits per heavy atom. The number of piperidine rings is 1. The molecule has 0 atom stereocenters. The lowest BCUT2D eigenvalue weighted by Crippen LogP contribution is -2.51. The zero-order valence-corrected chi connectivity index (χ0v) is 15.1. The number of likely N-dealkylation sites (tertiary alicyclic amines) is 1. The third kappa shape index (κ3) is 4.12. The monoisotopic (exact) mass is 348 g/mol. The second-order valence-electron chi connectivity index (χ2n) is 6.64. The molecule has 25 heavy (non-hydrogen) atoms. The molecular formula is C17H28N6O2. The van der Waals surface area contributed by atoms with Crippen LogP contribution in [-0.2, 0) is 11.2 Å². The van der Waals surface area contributed by atoms with E-state index in [1.54, 1.807) is 0 Å². The highest BCUT2D eigenvalue weighted by Crippen LogP contribution is 2.22. The minimum atomic E-state index is 0.137. The summed E-state index contributed by atoms with van der Waals surface area (Å²) in [6.45, 7) is 8.23. The molecule has 0 unspecified atom stereocenters. The first-order valence-corrected chi connectivity index (χ1v) is 9.09. The van der Waals surface area contributed by atoms with E-state index in [9.17, 15) is 4.79 Å². The van der Waals surface area contributed by atoms with Crippen LogP contribution in [0.5, 0.6) is 0 Å². The van der Waals surface area contributed by atoms with Crippen LogP contribution in [-0.4, -0.2) is 71.2 Å². The maximum atomic E-state index is 12.5. The van der Waals surface area contributed by atoms with E-state index in [-0.39, 0.29) is 6.03 Å². The van der Waals surface area contributed by atoms with Gasteiger partial charge in [0.15, 0.2) is 0 Å². The summed E-state index contributed by atoms with van der Waals surface area (Å²) in [6.07, 6.45) is 2.67. The molecule has 2 aliphatic rings. The number of amides is 2. The number of hydrogen-bond donors (Lipinski definition) is 2. The number of carbonyl (C=O) groups is 1. The number of hydrogen-bond acceptors (Lipinski definition) is 6. The van der Waals surface area contributed by atoms with Gasteiger partial charge < -0.3 is 25.6 Å². The minimum absolute atomic E-state index is 0.137. The summed E-state index contributed by atoms with van der Waals surface area (Å²) >= 11 is 0. The first-order valence-electron chi connectivity index (χ1n) is 9.09. The molecule has 2 aliphatic heterocycles. The van der Waals surface area contributed by atoms with Crippen LogP contribution in [0.3, 0.4) is 0 Å². The number of anilines is 2. The molecule has 138 valence electrons. The Kier molecular flexibility index (Phi) is 5.57. The predicted octanol–water partition coefficient (Wildman–Crippen LogP) is 1.26. The topological polar surface area (TPSA) is 96.6 Å². The Balaban J connectivity index is 1.57. The summed E-state index contributed by atoms with van der Waals surface area (Å²) in [4.78, 5) is 25.0. The van der Waals surface area contributed by atoms with E-state index < -0.39 is 0 Å². The number of aromatic nitrogens is 2.